The van der Waals surface area contributed by atoms with Crippen molar-refractivity contribution in [2.45, 2.75) is 25.5 Å². The molecule has 1 aliphatic heterocycles. The number of methoxy groups -OCH3 is 1. The first kappa shape index (κ1) is 14.1. The number of hydrogen-bond acceptors (Lipinski definition) is 4. The molecule has 0 aliphatic carbocycles. The molecule has 1 aromatic rings. The van der Waals surface area contributed by atoms with Crippen LogP contribution in [-0.4, -0.2) is 30.1 Å². The van der Waals surface area contributed by atoms with Crippen LogP contribution in [0.4, 0.5) is 4.79 Å². The highest BCUT2D eigenvalue weighted by molar-refractivity contribution is 5.82. The van der Waals surface area contributed by atoms with Crippen molar-refractivity contribution in [3.63, 3.8) is 0 Å². The summed E-state index contributed by atoms with van der Waals surface area (Å²) in [4.78, 5) is 25.0. The molecule has 0 bridgehead atoms. The first-order valence-corrected chi connectivity index (χ1v) is 6.46. The summed E-state index contributed by atoms with van der Waals surface area (Å²) in [5.41, 5.74) is 0.899. The number of benzene rings is 1. The summed E-state index contributed by atoms with van der Waals surface area (Å²) in [5.74, 6) is -0.425. The molecule has 0 saturated carbocycles. The van der Waals surface area contributed by atoms with Gasteiger partial charge in [-0.3, -0.25) is 4.90 Å². The number of allylic oxidation sites excluding steroid dienone is 1. The molecular weight excluding hydrogens is 258 g/mol. The normalized spacial score (nSPS) is 17.6. The molecule has 0 fully saturated rings. The van der Waals surface area contributed by atoms with Gasteiger partial charge in [-0.2, -0.15) is 0 Å². The van der Waals surface area contributed by atoms with Crippen LogP contribution in [-0.2, 0) is 20.9 Å². The van der Waals surface area contributed by atoms with Crippen molar-refractivity contribution >= 4 is 12.1 Å². The quantitative estimate of drug-likeness (QED) is 0.795. The molecule has 5 nitrogen and oxygen atoms in total. The van der Waals surface area contributed by atoms with Gasteiger partial charge in [-0.25, -0.2) is 9.59 Å². The molecule has 1 amide bonds. The predicted molar refractivity (Wildman–Crippen MR) is 72.6 cm³/mol. The Morgan fingerprint density at radius 1 is 1.30 bits per heavy atom. The Bertz CT molecular complexity index is 498. The topological polar surface area (TPSA) is 55.8 Å². The lowest BCUT2D eigenvalue weighted by Gasteiger charge is -2.28. The van der Waals surface area contributed by atoms with Crippen LogP contribution >= 0.6 is 0 Å². The Balaban J connectivity index is 1.98. The molecule has 5 heteroatoms. The number of rotatable bonds is 3. The average Bonchev–Trinajstić information content (AvgIpc) is 2.52. The number of ether oxygens (including phenoxy) is 2. The molecule has 0 spiro atoms. The monoisotopic (exact) mass is 275 g/mol. The molecule has 0 N–H and O–H groups in total. The highest BCUT2D eigenvalue weighted by atomic mass is 16.6. The molecule has 20 heavy (non-hydrogen) atoms. The number of carbonyl (C=O) groups is 2. The van der Waals surface area contributed by atoms with Gasteiger partial charge in [0.05, 0.1) is 7.11 Å². The van der Waals surface area contributed by atoms with Crippen molar-refractivity contribution in [1.29, 1.82) is 0 Å². The zero-order valence-corrected chi connectivity index (χ0v) is 11.3. The molecule has 0 aromatic heterocycles. The van der Waals surface area contributed by atoms with Gasteiger partial charge in [0, 0.05) is 6.20 Å². The van der Waals surface area contributed by atoms with E-state index < -0.39 is 18.1 Å². The minimum absolute atomic E-state index is 0.178. The van der Waals surface area contributed by atoms with Gasteiger partial charge in [0.15, 0.2) is 0 Å². The summed E-state index contributed by atoms with van der Waals surface area (Å²) >= 11 is 0. The van der Waals surface area contributed by atoms with Gasteiger partial charge in [-0.1, -0.05) is 36.4 Å². The molecule has 0 unspecified atom stereocenters. The number of esters is 1. The van der Waals surface area contributed by atoms with Gasteiger partial charge in [-0.15, -0.1) is 0 Å². The highest BCUT2D eigenvalue weighted by Gasteiger charge is 2.31. The van der Waals surface area contributed by atoms with Crippen molar-refractivity contribution in [2.75, 3.05) is 7.11 Å². The summed E-state index contributed by atoms with van der Waals surface area (Å²) in [7, 11) is 1.31. The van der Waals surface area contributed by atoms with Crippen LogP contribution in [0.1, 0.15) is 18.4 Å². The molecule has 0 radical (unpaired) electrons. The molecule has 0 saturated heterocycles. The van der Waals surface area contributed by atoms with E-state index in [0.717, 1.165) is 12.0 Å². The maximum Gasteiger partial charge on any atom is 0.414 e. The largest absolute Gasteiger partial charge is 0.467 e. The highest BCUT2D eigenvalue weighted by Crippen LogP contribution is 2.17. The Hall–Kier alpha value is -2.30. The van der Waals surface area contributed by atoms with E-state index in [4.69, 9.17) is 9.47 Å². The van der Waals surface area contributed by atoms with Gasteiger partial charge in [0.25, 0.3) is 0 Å². The summed E-state index contributed by atoms with van der Waals surface area (Å²) in [6, 6.07) is 8.79. The zero-order valence-electron chi connectivity index (χ0n) is 11.3. The van der Waals surface area contributed by atoms with E-state index in [1.807, 2.05) is 36.4 Å². The van der Waals surface area contributed by atoms with Crippen molar-refractivity contribution in [3.8, 4) is 0 Å². The second-order valence-corrected chi connectivity index (χ2v) is 4.45. The van der Waals surface area contributed by atoms with E-state index in [1.54, 1.807) is 6.20 Å². The Morgan fingerprint density at radius 2 is 2.05 bits per heavy atom. The van der Waals surface area contributed by atoms with Gasteiger partial charge in [-0.05, 0) is 18.4 Å². The third-order valence-corrected chi connectivity index (χ3v) is 3.10. The smallest absolute Gasteiger partial charge is 0.414 e. The van der Waals surface area contributed by atoms with Crippen molar-refractivity contribution in [2.24, 2.45) is 0 Å². The fraction of sp³-hybridized carbons (Fsp3) is 0.333. The molecule has 1 heterocycles. The van der Waals surface area contributed by atoms with Gasteiger partial charge in [0.1, 0.15) is 12.6 Å². The zero-order chi connectivity index (χ0) is 14.4. The van der Waals surface area contributed by atoms with Gasteiger partial charge < -0.3 is 9.47 Å². The SMILES string of the molecule is COC(=O)[C@@H]1CCC=CN1C(=O)OCc1ccccc1. The van der Waals surface area contributed by atoms with E-state index in [2.05, 4.69) is 0 Å². The molecule has 1 aliphatic rings. The van der Waals surface area contributed by atoms with Crippen LogP contribution in [0.3, 0.4) is 0 Å². The lowest BCUT2D eigenvalue weighted by atomic mass is 10.1. The van der Waals surface area contributed by atoms with Crippen LogP contribution in [0, 0.1) is 0 Å². The summed E-state index contributed by atoms with van der Waals surface area (Å²) in [5, 5.41) is 0. The van der Waals surface area contributed by atoms with E-state index in [-0.39, 0.29) is 6.61 Å². The van der Waals surface area contributed by atoms with E-state index in [0.29, 0.717) is 6.42 Å². The lowest BCUT2D eigenvalue weighted by molar-refractivity contribution is -0.146. The third-order valence-electron chi connectivity index (χ3n) is 3.10. The maximum atomic E-state index is 12.0. The van der Waals surface area contributed by atoms with Crippen molar-refractivity contribution < 1.29 is 19.1 Å². The molecule has 2 rings (SSSR count). The van der Waals surface area contributed by atoms with Crippen LogP contribution < -0.4 is 0 Å². The van der Waals surface area contributed by atoms with Crippen molar-refractivity contribution in [3.05, 3.63) is 48.2 Å². The van der Waals surface area contributed by atoms with Gasteiger partial charge >= 0.3 is 12.1 Å². The summed E-state index contributed by atoms with van der Waals surface area (Å²) in [6.45, 7) is 0.178. The molecular formula is C15H17NO4. The number of carbonyl (C=O) groups excluding carboxylic acids is 2. The molecule has 1 atom stereocenters. The fourth-order valence-electron chi connectivity index (χ4n) is 2.03. The Kier molecular flexibility index (Phi) is 4.76. The van der Waals surface area contributed by atoms with E-state index in [1.165, 1.54) is 12.0 Å². The lowest BCUT2D eigenvalue weighted by Crippen LogP contribution is -2.43. The minimum Gasteiger partial charge on any atom is -0.467 e. The summed E-state index contributed by atoms with van der Waals surface area (Å²) in [6.07, 6.45) is 4.16. The standard InChI is InChI=1S/C15H17NO4/c1-19-14(17)13-9-5-6-10-16(13)15(18)20-11-12-7-3-2-4-8-12/h2-4,6-8,10,13H,5,9,11H2,1H3/t13-/m0/s1. The first-order valence-electron chi connectivity index (χ1n) is 6.46. The number of hydrogen-bond donors (Lipinski definition) is 0. The summed E-state index contributed by atoms with van der Waals surface area (Å²) < 4.78 is 9.93. The van der Waals surface area contributed by atoms with Crippen LogP contribution in [0.25, 0.3) is 0 Å². The Morgan fingerprint density at radius 3 is 2.75 bits per heavy atom. The number of amides is 1. The van der Waals surface area contributed by atoms with Gasteiger partial charge in [0.2, 0.25) is 0 Å². The number of nitrogens with zero attached hydrogens (tertiary/aromatic N) is 1. The second kappa shape index (κ2) is 6.75. The van der Waals surface area contributed by atoms with Crippen LogP contribution in [0.15, 0.2) is 42.6 Å². The predicted octanol–water partition coefficient (Wildman–Crippen LogP) is 2.47. The minimum atomic E-state index is -0.603. The third kappa shape index (κ3) is 3.38. The van der Waals surface area contributed by atoms with Crippen LogP contribution in [0.5, 0.6) is 0 Å². The van der Waals surface area contributed by atoms with Crippen LogP contribution in [0.2, 0.25) is 0 Å². The second-order valence-electron chi connectivity index (χ2n) is 4.45. The average molecular weight is 275 g/mol. The fourth-order valence-corrected chi connectivity index (χ4v) is 2.03. The van der Waals surface area contributed by atoms with Crippen molar-refractivity contribution in [1.82, 2.24) is 4.90 Å². The molecule has 1 aromatic carbocycles. The van der Waals surface area contributed by atoms with E-state index in [9.17, 15) is 9.59 Å². The first-order chi connectivity index (χ1) is 9.72. The maximum absolute atomic E-state index is 12.0. The molecule has 106 valence electrons. The Labute approximate surface area is 117 Å². The van der Waals surface area contributed by atoms with E-state index >= 15 is 0 Å².